The Hall–Kier alpha value is -4.10. The molecule has 178 valence electrons. The van der Waals surface area contributed by atoms with Crippen molar-refractivity contribution in [2.75, 3.05) is 25.0 Å². The zero-order chi connectivity index (χ0) is 24.7. The molecule has 3 aromatic rings. The molecule has 5 heterocycles. The summed E-state index contributed by atoms with van der Waals surface area (Å²) in [5.41, 5.74) is 4.74. The van der Waals surface area contributed by atoms with Gasteiger partial charge in [-0.05, 0) is 44.0 Å². The Balaban J connectivity index is 1.55. The molecule has 35 heavy (non-hydrogen) atoms. The van der Waals surface area contributed by atoms with Gasteiger partial charge in [0, 0.05) is 49.7 Å². The summed E-state index contributed by atoms with van der Waals surface area (Å²) in [5, 5.41) is 18.7. The summed E-state index contributed by atoms with van der Waals surface area (Å²) in [5.74, 6) is -0.289. The van der Waals surface area contributed by atoms with E-state index in [1.165, 1.54) is 6.92 Å². The third-order valence-electron chi connectivity index (χ3n) is 6.62. The molecular formula is C25H25N7O3. The molecule has 1 atom stereocenters. The van der Waals surface area contributed by atoms with E-state index in [1.807, 2.05) is 18.2 Å². The predicted molar refractivity (Wildman–Crippen MR) is 128 cm³/mol. The van der Waals surface area contributed by atoms with E-state index in [0.717, 1.165) is 16.8 Å². The van der Waals surface area contributed by atoms with Gasteiger partial charge in [-0.15, -0.1) is 0 Å². The van der Waals surface area contributed by atoms with Crippen molar-refractivity contribution in [1.29, 1.82) is 5.26 Å². The van der Waals surface area contributed by atoms with E-state index < -0.39 is 6.10 Å². The largest absolute Gasteiger partial charge is 0.384 e. The molecule has 10 nitrogen and oxygen atoms in total. The van der Waals surface area contributed by atoms with Crippen molar-refractivity contribution in [2.45, 2.75) is 38.5 Å². The predicted octanol–water partition coefficient (Wildman–Crippen LogP) is 2.31. The first-order valence-corrected chi connectivity index (χ1v) is 11.5. The lowest BCUT2D eigenvalue weighted by Gasteiger charge is -2.43. The normalized spacial score (nSPS) is 17.3. The first kappa shape index (κ1) is 22.7. The Morgan fingerprint density at radius 2 is 1.94 bits per heavy atom. The number of hydrogen-bond donors (Lipinski definition) is 1. The standard InChI is InChI=1S/C25H25N7O3/c1-15(33)24(34)31-9-7-19(8-10-31)32-23-17(14-30(2)25(32)35)13-28-21-6-5-20(29-22(21)23)16-3-4-18(11-26)27-12-16/h3-6,12-13,15,19,33H,7-10,14H2,1-2H3/t15-/m1/s1. The highest BCUT2D eigenvalue weighted by Crippen LogP contribution is 2.37. The number of nitrogens with zero attached hydrogens (tertiary/aromatic N) is 7. The van der Waals surface area contributed by atoms with Crippen LogP contribution in [0, 0.1) is 11.3 Å². The van der Waals surface area contributed by atoms with Crippen LogP contribution in [0.3, 0.4) is 0 Å². The second-order valence-electron chi connectivity index (χ2n) is 8.98. The SMILES string of the molecule is C[C@@H](O)C(=O)N1CCC(N2C(=O)N(C)Cc3cnc4ccc(-c5ccc(C#N)nc5)nc4c32)CC1. The maximum Gasteiger partial charge on any atom is 0.324 e. The van der Waals surface area contributed by atoms with Crippen LogP contribution in [0.4, 0.5) is 10.5 Å². The van der Waals surface area contributed by atoms with Gasteiger partial charge in [-0.25, -0.2) is 14.8 Å². The second-order valence-corrected chi connectivity index (χ2v) is 8.98. The minimum absolute atomic E-state index is 0.113. The van der Waals surface area contributed by atoms with Crippen molar-refractivity contribution in [3.63, 3.8) is 0 Å². The fourth-order valence-corrected chi connectivity index (χ4v) is 4.80. The molecule has 3 amide bonds. The Morgan fingerprint density at radius 3 is 2.60 bits per heavy atom. The molecule has 1 saturated heterocycles. The van der Waals surface area contributed by atoms with Crippen LogP contribution in [0.2, 0.25) is 0 Å². The average Bonchev–Trinajstić information content (AvgIpc) is 2.89. The van der Waals surface area contributed by atoms with Crippen molar-refractivity contribution >= 4 is 28.7 Å². The summed E-state index contributed by atoms with van der Waals surface area (Å²) in [6, 6.07) is 8.96. The number of likely N-dealkylation sites (tertiary alicyclic amines) is 1. The Bertz CT molecular complexity index is 1340. The van der Waals surface area contributed by atoms with Crippen LogP contribution in [0.5, 0.6) is 0 Å². The van der Waals surface area contributed by atoms with Crippen LogP contribution in [0.1, 0.15) is 31.0 Å². The molecule has 0 aromatic carbocycles. The number of aromatic nitrogens is 3. The third kappa shape index (κ3) is 4.04. The molecule has 0 bridgehead atoms. The second kappa shape index (κ2) is 8.92. The van der Waals surface area contributed by atoms with Gasteiger partial charge in [-0.3, -0.25) is 14.7 Å². The number of anilines is 1. The van der Waals surface area contributed by atoms with Crippen molar-refractivity contribution in [3.8, 4) is 17.3 Å². The monoisotopic (exact) mass is 471 g/mol. The topological polar surface area (TPSA) is 127 Å². The van der Waals surface area contributed by atoms with Crippen molar-refractivity contribution in [3.05, 3.63) is 47.9 Å². The van der Waals surface area contributed by atoms with Gasteiger partial charge in [0.1, 0.15) is 23.4 Å². The first-order chi connectivity index (χ1) is 16.9. The molecule has 0 unspecified atom stereocenters. The number of aliphatic hydroxyl groups excluding tert-OH is 1. The van der Waals surface area contributed by atoms with Gasteiger partial charge in [0.05, 0.1) is 23.4 Å². The number of aliphatic hydroxyl groups is 1. The van der Waals surface area contributed by atoms with Crippen LogP contribution >= 0.6 is 0 Å². The minimum Gasteiger partial charge on any atom is -0.384 e. The molecule has 5 rings (SSSR count). The number of carbonyl (C=O) groups excluding carboxylic acids is 2. The molecule has 2 aliphatic heterocycles. The maximum atomic E-state index is 13.4. The molecule has 0 radical (unpaired) electrons. The van der Waals surface area contributed by atoms with E-state index in [1.54, 1.807) is 46.3 Å². The van der Waals surface area contributed by atoms with E-state index in [9.17, 15) is 14.7 Å². The van der Waals surface area contributed by atoms with Gasteiger partial charge in [0.25, 0.3) is 5.91 Å². The lowest BCUT2D eigenvalue weighted by atomic mass is 9.99. The van der Waals surface area contributed by atoms with Gasteiger partial charge in [-0.2, -0.15) is 5.26 Å². The zero-order valence-electron chi connectivity index (χ0n) is 19.5. The fourth-order valence-electron chi connectivity index (χ4n) is 4.80. The van der Waals surface area contributed by atoms with Gasteiger partial charge < -0.3 is 14.9 Å². The average molecular weight is 472 g/mol. The molecular weight excluding hydrogens is 446 g/mol. The van der Waals surface area contributed by atoms with Crippen LogP contribution in [0.15, 0.2) is 36.7 Å². The molecule has 2 aliphatic rings. The highest BCUT2D eigenvalue weighted by Gasteiger charge is 2.38. The Labute approximate surface area is 202 Å². The number of piperidine rings is 1. The van der Waals surface area contributed by atoms with Crippen LogP contribution < -0.4 is 4.90 Å². The number of nitriles is 1. The Morgan fingerprint density at radius 1 is 1.17 bits per heavy atom. The summed E-state index contributed by atoms with van der Waals surface area (Å²) in [6.07, 6.45) is 3.57. The van der Waals surface area contributed by atoms with Gasteiger partial charge in [0.15, 0.2) is 0 Å². The summed E-state index contributed by atoms with van der Waals surface area (Å²) in [7, 11) is 1.76. The number of rotatable bonds is 3. The zero-order valence-corrected chi connectivity index (χ0v) is 19.5. The molecule has 0 aliphatic carbocycles. The summed E-state index contributed by atoms with van der Waals surface area (Å²) in [4.78, 5) is 44.4. The molecule has 0 spiro atoms. The van der Waals surface area contributed by atoms with E-state index in [0.29, 0.717) is 54.9 Å². The van der Waals surface area contributed by atoms with Crippen molar-refractivity contribution in [2.24, 2.45) is 0 Å². The van der Waals surface area contributed by atoms with E-state index in [2.05, 4.69) is 9.97 Å². The maximum absolute atomic E-state index is 13.4. The highest BCUT2D eigenvalue weighted by atomic mass is 16.3. The molecule has 10 heteroatoms. The van der Waals surface area contributed by atoms with E-state index in [4.69, 9.17) is 10.2 Å². The van der Waals surface area contributed by atoms with Gasteiger partial charge in [-0.1, -0.05) is 0 Å². The van der Waals surface area contributed by atoms with Crippen molar-refractivity contribution in [1.82, 2.24) is 24.8 Å². The first-order valence-electron chi connectivity index (χ1n) is 11.5. The summed E-state index contributed by atoms with van der Waals surface area (Å²) in [6.45, 7) is 2.84. The lowest BCUT2D eigenvalue weighted by Crippen LogP contribution is -2.55. The van der Waals surface area contributed by atoms with E-state index >= 15 is 0 Å². The quantitative estimate of drug-likeness (QED) is 0.621. The summed E-state index contributed by atoms with van der Waals surface area (Å²) < 4.78 is 0. The third-order valence-corrected chi connectivity index (χ3v) is 6.62. The number of pyridine rings is 3. The number of urea groups is 1. The molecule has 0 saturated carbocycles. The van der Waals surface area contributed by atoms with Crippen LogP contribution in [0.25, 0.3) is 22.3 Å². The number of amides is 3. The smallest absolute Gasteiger partial charge is 0.324 e. The van der Waals surface area contributed by atoms with Gasteiger partial charge in [0.2, 0.25) is 0 Å². The van der Waals surface area contributed by atoms with E-state index in [-0.39, 0.29) is 18.0 Å². The highest BCUT2D eigenvalue weighted by molar-refractivity contribution is 6.04. The van der Waals surface area contributed by atoms with Crippen LogP contribution in [-0.2, 0) is 11.3 Å². The molecule has 3 aromatic heterocycles. The molecule has 1 fully saturated rings. The lowest BCUT2D eigenvalue weighted by molar-refractivity contribution is -0.140. The Kier molecular flexibility index (Phi) is 5.78. The molecule has 1 N–H and O–H groups in total. The number of fused-ring (bicyclic) bond motifs is 3. The van der Waals surface area contributed by atoms with Gasteiger partial charge >= 0.3 is 6.03 Å². The fraction of sp³-hybridized carbons (Fsp3) is 0.360. The van der Waals surface area contributed by atoms with Crippen molar-refractivity contribution < 1.29 is 14.7 Å². The minimum atomic E-state index is -1.04. The number of hydrogen-bond acceptors (Lipinski definition) is 7. The number of carbonyl (C=O) groups is 2. The van der Waals surface area contributed by atoms with Crippen LogP contribution in [-0.4, -0.2) is 74.1 Å². The summed E-state index contributed by atoms with van der Waals surface area (Å²) >= 11 is 0.